The van der Waals surface area contributed by atoms with E-state index in [1.54, 1.807) is 0 Å². The Bertz CT molecular complexity index is 1360. The van der Waals surface area contributed by atoms with Gasteiger partial charge in [0.05, 0.1) is 12.1 Å². The number of hydrogen-bond acceptors (Lipinski definition) is 5. The second-order valence-electron chi connectivity index (χ2n) is 7.63. The van der Waals surface area contributed by atoms with Gasteiger partial charge in [0.2, 0.25) is 0 Å². The van der Waals surface area contributed by atoms with Crippen LogP contribution in [0.4, 0.5) is 5.82 Å². The van der Waals surface area contributed by atoms with E-state index < -0.39 is 0 Å². The fraction of sp³-hybridized carbons (Fsp3) is 0.120. The van der Waals surface area contributed by atoms with E-state index in [0.717, 1.165) is 58.4 Å². The van der Waals surface area contributed by atoms with Gasteiger partial charge in [0.25, 0.3) is 0 Å². The summed E-state index contributed by atoms with van der Waals surface area (Å²) < 4.78 is 2.22. The molecule has 0 N–H and O–H groups in total. The third-order valence-electron chi connectivity index (χ3n) is 5.70. The summed E-state index contributed by atoms with van der Waals surface area (Å²) in [6.07, 6.45) is 0. The zero-order chi connectivity index (χ0) is 20.6. The summed E-state index contributed by atoms with van der Waals surface area (Å²) >= 11 is 0. The first-order valence-electron chi connectivity index (χ1n) is 10.4. The summed E-state index contributed by atoms with van der Waals surface area (Å²) in [5.74, 6) is 3.56. The summed E-state index contributed by atoms with van der Waals surface area (Å²) in [4.78, 5) is 12.1. The molecule has 0 bridgehead atoms. The molecule has 1 aliphatic heterocycles. The molecule has 0 atom stereocenters. The molecule has 3 aromatic carbocycles. The Labute approximate surface area is 179 Å². The Morgan fingerprint density at radius 2 is 1.35 bits per heavy atom. The van der Waals surface area contributed by atoms with E-state index in [-0.39, 0.29) is 0 Å². The molecular weight excluding hydrogens is 384 g/mol. The predicted molar refractivity (Wildman–Crippen MR) is 121 cm³/mol. The second kappa shape index (κ2) is 7.32. The van der Waals surface area contributed by atoms with Crippen LogP contribution in [-0.2, 0) is 13.1 Å². The van der Waals surface area contributed by atoms with E-state index in [2.05, 4.69) is 37.9 Å². The van der Waals surface area contributed by atoms with E-state index in [9.17, 15) is 0 Å². The minimum absolute atomic E-state index is 0.662. The van der Waals surface area contributed by atoms with Crippen molar-refractivity contribution >= 4 is 16.7 Å². The summed E-state index contributed by atoms with van der Waals surface area (Å²) in [6.45, 7) is 2.31. The van der Waals surface area contributed by atoms with E-state index in [4.69, 9.17) is 9.97 Å². The molecule has 31 heavy (non-hydrogen) atoms. The third-order valence-corrected chi connectivity index (χ3v) is 5.70. The van der Waals surface area contributed by atoms with Gasteiger partial charge in [0.15, 0.2) is 17.5 Å². The van der Waals surface area contributed by atoms with Gasteiger partial charge in [-0.1, -0.05) is 72.8 Å². The zero-order valence-corrected chi connectivity index (χ0v) is 16.9. The molecule has 1 aliphatic rings. The Hall–Kier alpha value is -4.06. The molecule has 0 radical (unpaired) electrons. The molecule has 0 spiro atoms. The first-order valence-corrected chi connectivity index (χ1v) is 10.4. The van der Waals surface area contributed by atoms with Crippen molar-refractivity contribution in [2.24, 2.45) is 0 Å². The van der Waals surface area contributed by atoms with Gasteiger partial charge in [-0.15, -0.1) is 10.2 Å². The highest BCUT2D eigenvalue weighted by atomic mass is 15.4. The lowest BCUT2D eigenvalue weighted by molar-refractivity contribution is 0.561. The molecule has 0 saturated carbocycles. The zero-order valence-electron chi connectivity index (χ0n) is 16.9. The molecule has 6 heteroatoms. The van der Waals surface area contributed by atoms with Crippen LogP contribution in [0.1, 0.15) is 5.82 Å². The van der Waals surface area contributed by atoms with Crippen LogP contribution < -0.4 is 4.90 Å². The van der Waals surface area contributed by atoms with Crippen molar-refractivity contribution in [3.63, 3.8) is 0 Å². The molecule has 3 heterocycles. The topological polar surface area (TPSA) is 59.7 Å². The number of rotatable bonds is 3. The lowest BCUT2D eigenvalue weighted by Gasteiger charge is -2.29. The van der Waals surface area contributed by atoms with Crippen molar-refractivity contribution in [2.75, 3.05) is 11.4 Å². The fourth-order valence-electron chi connectivity index (χ4n) is 4.16. The van der Waals surface area contributed by atoms with E-state index in [0.29, 0.717) is 6.54 Å². The predicted octanol–water partition coefficient (Wildman–Crippen LogP) is 4.58. The van der Waals surface area contributed by atoms with Crippen LogP contribution in [0.25, 0.3) is 33.7 Å². The summed E-state index contributed by atoms with van der Waals surface area (Å²) in [5.41, 5.74) is 3.05. The normalized spacial score (nSPS) is 13.4. The van der Waals surface area contributed by atoms with Crippen LogP contribution in [0.5, 0.6) is 0 Å². The average Bonchev–Trinajstić information content (AvgIpc) is 3.28. The van der Waals surface area contributed by atoms with Crippen molar-refractivity contribution in [2.45, 2.75) is 13.1 Å². The average molecular weight is 404 g/mol. The highest BCUT2D eigenvalue weighted by Crippen LogP contribution is 2.30. The van der Waals surface area contributed by atoms with Crippen LogP contribution in [0.15, 0.2) is 84.9 Å². The maximum absolute atomic E-state index is 4.99. The number of benzene rings is 3. The molecule has 0 unspecified atom stereocenters. The van der Waals surface area contributed by atoms with Crippen LogP contribution in [-0.4, -0.2) is 31.3 Å². The Morgan fingerprint density at radius 3 is 2.16 bits per heavy atom. The van der Waals surface area contributed by atoms with Crippen LogP contribution in [0, 0.1) is 0 Å². The third kappa shape index (κ3) is 3.13. The van der Waals surface area contributed by atoms with Crippen molar-refractivity contribution in [3.05, 3.63) is 90.8 Å². The molecule has 150 valence electrons. The van der Waals surface area contributed by atoms with Crippen molar-refractivity contribution in [3.8, 4) is 22.8 Å². The van der Waals surface area contributed by atoms with Gasteiger partial charge in [-0.3, -0.25) is 0 Å². The number of aromatic nitrogens is 5. The minimum Gasteiger partial charge on any atom is -0.347 e. The fourth-order valence-corrected chi connectivity index (χ4v) is 4.16. The number of hydrogen-bond donors (Lipinski definition) is 0. The van der Waals surface area contributed by atoms with E-state index >= 15 is 0 Å². The summed E-state index contributed by atoms with van der Waals surface area (Å²) in [7, 11) is 0. The first kappa shape index (κ1) is 17.8. The molecule has 6 rings (SSSR count). The van der Waals surface area contributed by atoms with Crippen molar-refractivity contribution in [1.82, 2.24) is 24.7 Å². The summed E-state index contributed by atoms with van der Waals surface area (Å²) in [5, 5.41) is 10.0. The van der Waals surface area contributed by atoms with E-state index in [1.807, 2.05) is 66.7 Å². The lowest BCUT2D eigenvalue weighted by Crippen LogP contribution is -2.34. The molecule has 6 nitrogen and oxygen atoms in total. The standard InChI is InChI=1S/C25H20N6/c1-3-9-18(10-4-1)23-26-21-14-8-7-13-20(21)25(27-23)30-15-16-31-22(17-30)28-29-24(31)19-11-5-2-6-12-19/h1-14H,15-17H2. The Kier molecular flexibility index (Phi) is 4.20. The molecular formula is C25H20N6. The van der Waals surface area contributed by atoms with Gasteiger partial charge in [0.1, 0.15) is 5.82 Å². The van der Waals surface area contributed by atoms with E-state index in [1.165, 1.54) is 0 Å². The molecule has 0 aliphatic carbocycles. The largest absolute Gasteiger partial charge is 0.347 e. The van der Waals surface area contributed by atoms with Gasteiger partial charge in [0, 0.05) is 29.6 Å². The van der Waals surface area contributed by atoms with Gasteiger partial charge >= 0.3 is 0 Å². The van der Waals surface area contributed by atoms with Crippen molar-refractivity contribution in [1.29, 1.82) is 0 Å². The van der Waals surface area contributed by atoms with Gasteiger partial charge in [-0.25, -0.2) is 9.97 Å². The Morgan fingerprint density at radius 1 is 0.645 bits per heavy atom. The smallest absolute Gasteiger partial charge is 0.164 e. The van der Waals surface area contributed by atoms with Crippen LogP contribution >= 0.6 is 0 Å². The Balaban J connectivity index is 1.42. The van der Waals surface area contributed by atoms with Gasteiger partial charge in [-0.05, 0) is 12.1 Å². The quantitative estimate of drug-likeness (QED) is 0.441. The minimum atomic E-state index is 0.662. The molecule has 0 amide bonds. The van der Waals surface area contributed by atoms with Gasteiger partial charge < -0.3 is 9.47 Å². The van der Waals surface area contributed by atoms with Crippen LogP contribution in [0.2, 0.25) is 0 Å². The molecule has 0 saturated heterocycles. The summed E-state index contributed by atoms with van der Waals surface area (Å²) in [6, 6.07) is 28.6. The lowest BCUT2D eigenvalue weighted by atomic mass is 10.1. The molecule has 5 aromatic rings. The number of para-hydroxylation sites is 1. The number of anilines is 1. The highest BCUT2D eigenvalue weighted by Gasteiger charge is 2.24. The number of fused-ring (bicyclic) bond motifs is 2. The SMILES string of the molecule is c1ccc(-c2nc(N3CCn4c(nnc4-c4ccccc4)C3)c3ccccc3n2)cc1. The van der Waals surface area contributed by atoms with Gasteiger partial charge in [-0.2, -0.15) is 0 Å². The second-order valence-corrected chi connectivity index (χ2v) is 7.63. The molecule has 0 fully saturated rings. The maximum Gasteiger partial charge on any atom is 0.164 e. The molecule has 2 aromatic heterocycles. The number of nitrogens with zero attached hydrogens (tertiary/aromatic N) is 6. The first-order chi connectivity index (χ1) is 15.4. The monoisotopic (exact) mass is 404 g/mol. The highest BCUT2D eigenvalue weighted by molar-refractivity contribution is 5.91. The maximum atomic E-state index is 4.99. The van der Waals surface area contributed by atoms with Crippen LogP contribution in [0.3, 0.4) is 0 Å². The van der Waals surface area contributed by atoms with Crippen molar-refractivity contribution < 1.29 is 0 Å².